The summed E-state index contributed by atoms with van der Waals surface area (Å²) in [4.78, 5) is 26.7. The van der Waals surface area contributed by atoms with Crippen molar-refractivity contribution in [3.8, 4) is 0 Å². The predicted octanol–water partition coefficient (Wildman–Crippen LogP) is 1.16. The normalized spacial score (nSPS) is 11.8. The van der Waals surface area contributed by atoms with E-state index in [9.17, 15) is 9.59 Å². The fourth-order valence-corrected chi connectivity index (χ4v) is 1.62. The second-order valence-electron chi connectivity index (χ2n) is 3.85. The van der Waals surface area contributed by atoms with Crippen LogP contribution >= 0.6 is 0 Å². The minimum atomic E-state index is -1.12. The van der Waals surface area contributed by atoms with Crippen molar-refractivity contribution in [1.29, 1.82) is 0 Å². The molecule has 0 aliphatic heterocycles. The first-order valence-corrected chi connectivity index (χ1v) is 5.62. The lowest BCUT2D eigenvalue weighted by atomic mass is 10.1. The highest BCUT2D eigenvalue weighted by atomic mass is 16.4. The van der Waals surface area contributed by atoms with E-state index in [-0.39, 0.29) is 12.3 Å². The maximum atomic E-state index is 11.7. The Labute approximate surface area is 109 Å². The zero-order valence-corrected chi connectivity index (χ0v) is 9.95. The van der Waals surface area contributed by atoms with Crippen molar-refractivity contribution < 1.29 is 19.1 Å². The molecule has 0 bridgehead atoms. The Balaban J connectivity index is 2.05. The number of rotatable bonds is 5. The van der Waals surface area contributed by atoms with Crippen LogP contribution in [-0.2, 0) is 16.0 Å². The first-order valence-electron chi connectivity index (χ1n) is 5.62. The molecule has 0 radical (unpaired) electrons. The van der Waals surface area contributed by atoms with Crippen molar-refractivity contribution in [3.63, 3.8) is 0 Å². The van der Waals surface area contributed by atoms with Crippen LogP contribution in [-0.4, -0.2) is 22.0 Å². The molecule has 0 aliphatic rings. The number of carboxylic acid groups (broad SMARTS) is 1. The molecule has 1 atom stereocenters. The Morgan fingerprint density at radius 3 is 2.63 bits per heavy atom. The highest BCUT2D eigenvalue weighted by Gasteiger charge is 2.22. The molecule has 1 unspecified atom stereocenters. The van der Waals surface area contributed by atoms with Gasteiger partial charge in [-0.3, -0.25) is 4.79 Å². The smallest absolute Gasteiger partial charge is 0.330 e. The van der Waals surface area contributed by atoms with Gasteiger partial charge in [0.2, 0.25) is 11.8 Å². The fraction of sp³-hybridized carbons (Fsp3) is 0.154. The maximum absolute atomic E-state index is 11.7. The minimum absolute atomic E-state index is 0.0936. The molecule has 1 aromatic carbocycles. The Morgan fingerprint density at radius 2 is 2.05 bits per heavy atom. The van der Waals surface area contributed by atoms with Gasteiger partial charge in [0.15, 0.2) is 6.04 Å². The molecule has 0 fully saturated rings. The zero-order valence-electron chi connectivity index (χ0n) is 9.95. The minimum Gasteiger partial charge on any atom is -0.479 e. The molecular formula is C13H12N2O4. The number of carbonyl (C=O) groups excluding carboxylic acids is 1. The lowest BCUT2D eigenvalue weighted by Crippen LogP contribution is -2.34. The molecular weight excluding hydrogens is 248 g/mol. The summed E-state index contributed by atoms with van der Waals surface area (Å²) >= 11 is 0. The van der Waals surface area contributed by atoms with E-state index in [0.717, 1.165) is 0 Å². The van der Waals surface area contributed by atoms with Gasteiger partial charge in [-0.15, -0.1) is 0 Å². The molecule has 2 N–H and O–H groups in total. The van der Waals surface area contributed by atoms with Crippen molar-refractivity contribution in [1.82, 2.24) is 10.3 Å². The lowest BCUT2D eigenvalue weighted by Gasteiger charge is -2.14. The number of nitrogens with zero attached hydrogens (tertiary/aromatic N) is 1. The SMILES string of the molecule is O=C(Cc1ncco1)NC(C(=O)O)c1ccccc1. The number of nitrogens with one attached hydrogen (secondary N) is 1. The third kappa shape index (κ3) is 3.41. The Kier molecular flexibility index (Phi) is 3.92. The molecule has 1 aromatic heterocycles. The maximum Gasteiger partial charge on any atom is 0.330 e. The summed E-state index contributed by atoms with van der Waals surface area (Å²) in [7, 11) is 0. The number of hydrogen-bond acceptors (Lipinski definition) is 4. The van der Waals surface area contributed by atoms with Crippen LogP contribution < -0.4 is 5.32 Å². The van der Waals surface area contributed by atoms with E-state index in [2.05, 4.69) is 10.3 Å². The van der Waals surface area contributed by atoms with Gasteiger partial charge in [-0.25, -0.2) is 9.78 Å². The number of aromatic nitrogens is 1. The van der Waals surface area contributed by atoms with Crippen molar-refractivity contribution >= 4 is 11.9 Å². The average molecular weight is 260 g/mol. The number of carboxylic acids is 1. The van der Waals surface area contributed by atoms with Crippen LogP contribution in [0.5, 0.6) is 0 Å². The van der Waals surface area contributed by atoms with E-state index < -0.39 is 17.9 Å². The summed E-state index contributed by atoms with van der Waals surface area (Å²) in [6.07, 6.45) is 2.69. The van der Waals surface area contributed by atoms with Gasteiger partial charge >= 0.3 is 5.97 Å². The van der Waals surface area contributed by atoms with Crippen molar-refractivity contribution in [2.75, 3.05) is 0 Å². The van der Waals surface area contributed by atoms with Crippen molar-refractivity contribution in [2.45, 2.75) is 12.5 Å². The van der Waals surface area contributed by atoms with Crippen molar-refractivity contribution in [3.05, 3.63) is 54.2 Å². The number of amides is 1. The molecule has 0 saturated heterocycles. The molecule has 2 aromatic rings. The second-order valence-corrected chi connectivity index (χ2v) is 3.85. The van der Waals surface area contributed by atoms with Gasteiger partial charge in [-0.05, 0) is 5.56 Å². The third-order valence-electron chi connectivity index (χ3n) is 2.48. The van der Waals surface area contributed by atoms with Gasteiger partial charge in [0.25, 0.3) is 0 Å². The number of benzene rings is 1. The molecule has 19 heavy (non-hydrogen) atoms. The van der Waals surface area contributed by atoms with Gasteiger partial charge in [-0.2, -0.15) is 0 Å². The fourth-order valence-electron chi connectivity index (χ4n) is 1.62. The van der Waals surface area contributed by atoms with Crippen LogP contribution in [0.3, 0.4) is 0 Å². The second kappa shape index (κ2) is 5.81. The largest absolute Gasteiger partial charge is 0.479 e. The molecule has 98 valence electrons. The summed E-state index contributed by atoms with van der Waals surface area (Å²) in [5.41, 5.74) is 0.510. The van der Waals surface area contributed by atoms with Crippen LogP contribution in [0, 0.1) is 0 Å². The van der Waals surface area contributed by atoms with Crippen LogP contribution in [0.2, 0.25) is 0 Å². The summed E-state index contributed by atoms with van der Waals surface area (Å²) in [5, 5.41) is 11.6. The number of carbonyl (C=O) groups is 2. The topological polar surface area (TPSA) is 92.4 Å². The van der Waals surface area contributed by atoms with Gasteiger partial charge in [-0.1, -0.05) is 30.3 Å². The molecule has 2 rings (SSSR count). The standard InChI is InChI=1S/C13H12N2O4/c16-10(8-11-14-6-7-19-11)15-12(13(17)18)9-4-2-1-3-5-9/h1-7,12H,8H2,(H,15,16)(H,17,18). The summed E-state index contributed by atoms with van der Waals surface area (Å²) < 4.78 is 4.93. The number of aliphatic carboxylic acids is 1. The van der Waals surface area contributed by atoms with Crippen LogP contribution in [0.4, 0.5) is 0 Å². The first kappa shape index (κ1) is 12.8. The average Bonchev–Trinajstić information content (AvgIpc) is 2.89. The molecule has 1 amide bonds. The molecule has 0 saturated carbocycles. The number of hydrogen-bond donors (Lipinski definition) is 2. The van der Waals surface area contributed by atoms with Gasteiger partial charge in [0.1, 0.15) is 12.7 Å². The molecule has 0 spiro atoms. The highest BCUT2D eigenvalue weighted by molar-refractivity contribution is 5.85. The van der Waals surface area contributed by atoms with E-state index in [1.54, 1.807) is 30.3 Å². The summed E-state index contributed by atoms with van der Waals surface area (Å²) in [6.45, 7) is 0. The Bertz CT molecular complexity index is 551. The highest BCUT2D eigenvalue weighted by Crippen LogP contribution is 2.12. The van der Waals surface area contributed by atoms with Crippen LogP contribution in [0.1, 0.15) is 17.5 Å². The Hall–Kier alpha value is -2.63. The third-order valence-corrected chi connectivity index (χ3v) is 2.48. The molecule has 1 heterocycles. The number of oxazole rings is 1. The summed E-state index contributed by atoms with van der Waals surface area (Å²) in [6, 6.07) is 7.41. The first-order chi connectivity index (χ1) is 9.16. The van der Waals surface area contributed by atoms with Crippen LogP contribution in [0.15, 0.2) is 47.2 Å². The molecule has 0 aliphatic carbocycles. The molecule has 6 heteroatoms. The Morgan fingerprint density at radius 1 is 1.32 bits per heavy atom. The van der Waals surface area contributed by atoms with E-state index in [4.69, 9.17) is 9.52 Å². The van der Waals surface area contributed by atoms with Gasteiger partial charge in [0.05, 0.1) is 6.20 Å². The van der Waals surface area contributed by atoms with E-state index in [0.29, 0.717) is 5.56 Å². The lowest BCUT2D eigenvalue weighted by molar-refractivity contribution is -0.142. The van der Waals surface area contributed by atoms with Gasteiger partial charge in [0, 0.05) is 0 Å². The quantitative estimate of drug-likeness (QED) is 0.841. The van der Waals surface area contributed by atoms with E-state index >= 15 is 0 Å². The zero-order chi connectivity index (χ0) is 13.7. The van der Waals surface area contributed by atoms with E-state index in [1.165, 1.54) is 12.5 Å². The van der Waals surface area contributed by atoms with Gasteiger partial charge < -0.3 is 14.8 Å². The van der Waals surface area contributed by atoms with Crippen LogP contribution in [0.25, 0.3) is 0 Å². The van der Waals surface area contributed by atoms with E-state index in [1.807, 2.05) is 0 Å². The monoisotopic (exact) mass is 260 g/mol. The predicted molar refractivity (Wildman–Crippen MR) is 65.2 cm³/mol. The molecule has 6 nitrogen and oxygen atoms in total. The summed E-state index contributed by atoms with van der Waals surface area (Å²) in [5.74, 6) is -1.33. The van der Waals surface area contributed by atoms with Crippen molar-refractivity contribution in [2.24, 2.45) is 0 Å².